The van der Waals surface area contributed by atoms with Crippen LogP contribution in [0.25, 0.3) is 21.9 Å². The predicted molar refractivity (Wildman–Crippen MR) is 112 cm³/mol. The van der Waals surface area contributed by atoms with Gasteiger partial charge in [-0.05, 0) is 45.9 Å². The topological polar surface area (TPSA) is 89.1 Å². The third kappa shape index (κ3) is 3.72. The van der Waals surface area contributed by atoms with Gasteiger partial charge in [-0.3, -0.25) is 4.79 Å². The summed E-state index contributed by atoms with van der Waals surface area (Å²) in [7, 11) is 0. The lowest BCUT2D eigenvalue weighted by molar-refractivity contribution is 0.156. The van der Waals surface area contributed by atoms with Gasteiger partial charge in [-0.1, -0.05) is 12.5 Å². The SMILES string of the molecule is C#CC(C)(C)Oc1cc(O)c2c(=O)c3ccc(OC(C)(C)C=C)c(O)c3oc2c1. The van der Waals surface area contributed by atoms with Crippen molar-refractivity contribution in [2.24, 2.45) is 0 Å². The Morgan fingerprint density at radius 2 is 1.86 bits per heavy atom. The minimum atomic E-state index is -0.934. The maximum atomic E-state index is 12.9. The van der Waals surface area contributed by atoms with Crippen molar-refractivity contribution < 1.29 is 24.1 Å². The Kier molecular flexibility index (Phi) is 4.71. The minimum absolute atomic E-state index is 0.0251. The van der Waals surface area contributed by atoms with Crippen molar-refractivity contribution in [3.8, 4) is 35.3 Å². The molecule has 0 atom stereocenters. The van der Waals surface area contributed by atoms with E-state index in [-0.39, 0.29) is 44.9 Å². The first-order chi connectivity index (χ1) is 13.5. The van der Waals surface area contributed by atoms with Gasteiger partial charge in [-0.15, -0.1) is 6.42 Å². The maximum absolute atomic E-state index is 12.9. The van der Waals surface area contributed by atoms with Gasteiger partial charge < -0.3 is 24.1 Å². The molecule has 2 aromatic carbocycles. The van der Waals surface area contributed by atoms with Gasteiger partial charge in [-0.25, -0.2) is 0 Å². The van der Waals surface area contributed by atoms with Crippen LogP contribution in [-0.4, -0.2) is 21.4 Å². The van der Waals surface area contributed by atoms with E-state index in [0.717, 1.165) is 0 Å². The van der Waals surface area contributed by atoms with Crippen LogP contribution in [0.1, 0.15) is 27.7 Å². The van der Waals surface area contributed by atoms with E-state index in [1.165, 1.54) is 24.3 Å². The quantitative estimate of drug-likeness (QED) is 0.376. The van der Waals surface area contributed by atoms with Crippen LogP contribution in [0.2, 0.25) is 0 Å². The fourth-order valence-electron chi connectivity index (χ4n) is 2.76. The van der Waals surface area contributed by atoms with Crippen molar-refractivity contribution in [3.63, 3.8) is 0 Å². The molecule has 0 unspecified atom stereocenters. The summed E-state index contributed by atoms with van der Waals surface area (Å²) in [4.78, 5) is 12.9. The molecule has 0 aliphatic heterocycles. The van der Waals surface area contributed by atoms with Crippen LogP contribution in [0, 0.1) is 12.3 Å². The average molecular weight is 394 g/mol. The highest BCUT2D eigenvalue weighted by Gasteiger charge is 2.23. The number of rotatable bonds is 5. The van der Waals surface area contributed by atoms with Crippen molar-refractivity contribution in [1.82, 2.24) is 0 Å². The second kappa shape index (κ2) is 6.78. The Morgan fingerprint density at radius 3 is 2.48 bits per heavy atom. The molecule has 0 saturated heterocycles. The summed E-state index contributed by atoms with van der Waals surface area (Å²) in [5.41, 5.74) is -2.20. The van der Waals surface area contributed by atoms with Gasteiger partial charge in [0.15, 0.2) is 16.9 Å². The Bertz CT molecular complexity index is 1220. The zero-order chi connectivity index (χ0) is 21.6. The molecule has 1 aromatic heterocycles. The molecule has 0 saturated carbocycles. The van der Waals surface area contributed by atoms with E-state index in [4.69, 9.17) is 20.3 Å². The third-order valence-electron chi connectivity index (χ3n) is 4.42. The van der Waals surface area contributed by atoms with E-state index in [2.05, 4.69) is 12.5 Å². The number of hydrogen-bond acceptors (Lipinski definition) is 6. The molecule has 0 aliphatic carbocycles. The van der Waals surface area contributed by atoms with Crippen molar-refractivity contribution in [2.45, 2.75) is 38.9 Å². The maximum Gasteiger partial charge on any atom is 0.204 e. The molecule has 0 radical (unpaired) electrons. The number of phenolic OH excluding ortho intramolecular Hbond substituents is 2. The smallest absolute Gasteiger partial charge is 0.204 e. The van der Waals surface area contributed by atoms with Gasteiger partial charge in [0, 0.05) is 12.1 Å². The molecule has 3 rings (SSSR count). The lowest BCUT2D eigenvalue weighted by atomic mass is 10.1. The van der Waals surface area contributed by atoms with Crippen LogP contribution < -0.4 is 14.9 Å². The molecule has 1 heterocycles. The summed E-state index contributed by atoms with van der Waals surface area (Å²) < 4.78 is 17.2. The monoisotopic (exact) mass is 394 g/mol. The van der Waals surface area contributed by atoms with E-state index >= 15 is 0 Å². The van der Waals surface area contributed by atoms with Gasteiger partial charge in [0.2, 0.25) is 11.2 Å². The molecule has 150 valence electrons. The molecule has 0 fully saturated rings. The highest BCUT2D eigenvalue weighted by atomic mass is 16.5. The number of ether oxygens (including phenoxy) is 2. The van der Waals surface area contributed by atoms with Crippen LogP contribution in [-0.2, 0) is 0 Å². The van der Waals surface area contributed by atoms with Gasteiger partial charge in [0.05, 0.1) is 5.39 Å². The van der Waals surface area contributed by atoms with Crippen LogP contribution in [0.15, 0.2) is 46.1 Å². The molecule has 0 amide bonds. The summed E-state index contributed by atoms with van der Waals surface area (Å²) in [6.07, 6.45) is 7.02. The predicted octanol–water partition coefficient (Wildman–Crippen LogP) is 4.49. The van der Waals surface area contributed by atoms with Crippen LogP contribution in [0.3, 0.4) is 0 Å². The molecule has 0 bridgehead atoms. The van der Waals surface area contributed by atoms with E-state index in [0.29, 0.717) is 0 Å². The van der Waals surface area contributed by atoms with Crippen LogP contribution in [0.5, 0.6) is 23.0 Å². The fraction of sp³-hybridized carbons (Fsp3) is 0.261. The first-order valence-corrected chi connectivity index (χ1v) is 8.93. The number of aromatic hydroxyl groups is 2. The molecular weight excluding hydrogens is 372 g/mol. The van der Waals surface area contributed by atoms with Gasteiger partial charge >= 0.3 is 0 Å². The summed E-state index contributed by atoms with van der Waals surface area (Å²) >= 11 is 0. The van der Waals surface area contributed by atoms with Crippen molar-refractivity contribution in [1.29, 1.82) is 0 Å². The van der Waals surface area contributed by atoms with Gasteiger partial charge in [-0.2, -0.15) is 0 Å². The van der Waals surface area contributed by atoms with E-state index < -0.39 is 16.6 Å². The second-order valence-corrected chi connectivity index (χ2v) is 7.70. The number of hydrogen-bond donors (Lipinski definition) is 2. The molecule has 0 aliphatic rings. The minimum Gasteiger partial charge on any atom is -0.507 e. The summed E-state index contributed by atoms with van der Waals surface area (Å²) in [6.45, 7) is 10.6. The van der Waals surface area contributed by atoms with Crippen LogP contribution in [0.4, 0.5) is 0 Å². The largest absolute Gasteiger partial charge is 0.507 e. The van der Waals surface area contributed by atoms with E-state index in [1.54, 1.807) is 33.8 Å². The van der Waals surface area contributed by atoms with Crippen molar-refractivity contribution in [3.05, 3.63) is 47.1 Å². The Morgan fingerprint density at radius 1 is 1.17 bits per heavy atom. The normalized spacial score (nSPS) is 12.0. The summed E-state index contributed by atoms with van der Waals surface area (Å²) in [6, 6.07) is 5.68. The lowest BCUT2D eigenvalue weighted by Crippen LogP contribution is -2.25. The highest BCUT2D eigenvalue weighted by Crippen LogP contribution is 2.39. The van der Waals surface area contributed by atoms with E-state index in [1.807, 2.05) is 0 Å². The standard InChI is InChI=1S/C23H22O6/c1-7-22(3,4)28-13-11-15(24)18-17(12-13)27-21-14(19(18)25)9-10-16(20(21)26)29-23(5,6)8-2/h1,8-12,24,26H,2H2,3-6H3. The zero-order valence-electron chi connectivity index (χ0n) is 16.7. The van der Waals surface area contributed by atoms with Gasteiger partial charge in [0.1, 0.15) is 28.1 Å². The number of benzene rings is 2. The number of fused-ring (bicyclic) bond motifs is 2. The van der Waals surface area contributed by atoms with Crippen molar-refractivity contribution >= 4 is 21.9 Å². The third-order valence-corrected chi connectivity index (χ3v) is 4.42. The highest BCUT2D eigenvalue weighted by molar-refractivity contribution is 5.96. The summed E-state index contributed by atoms with van der Waals surface area (Å²) in [5.74, 6) is 2.20. The number of terminal acetylenes is 1. The molecule has 2 N–H and O–H groups in total. The average Bonchev–Trinajstić information content (AvgIpc) is 2.64. The Balaban J connectivity index is 2.26. The number of phenols is 2. The first kappa shape index (κ1) is 20.2. The first-order valence-electron chi connectivity index (χ1n) is 8.93. The zero-order valence-corrected chi connectivity index (χ0v) is 16.7. The van der Waals surface area contributed by atoms with E-state index in [9.17, 15) is 15.0 Å². The van der Waals surface area contributed by atoms with Crippen LogP contribution >= 0.6 is 0 Å². The molecular formula is C23H22O6. The molecule has 6 nitrogen and oxygen atoms in total. The lowest BCUT2D eigenvalue weighted by Gasteiger charge is -2.23. The second-order valence-electron chi connectivity index (χ2n) is 7.70. The fourth-order valence-corrected chi connectivity index (χ4v) is 2.76. The molecule has 29 heavy (non-hydrogen) atoms. The van der Waals surface area contributed by atoms with Crippen molar-refractivity contribution in [2.75, 3.05) is 0 Å². The Hall–Kier alpha value is -3.59. The summed E-state index contributed by atoms with van der Waals surface area (Å²) in [5, 5.41) is 21.1. The van der Waals surface area contributed by atoms with Gasteiger partial charge in [0.25, 0.3) is 0 Å². The Labute approximate surface area is 168 Å². The molecule has 6 heteroatoms. The molecule has 3 aromatic rings. The molecule has 0 spiro atoms.